The van der Waals surface area contributed by atoms with Gasteiger partial charge < -0.3 is 10.6 Å². The van der Waals surface area contributed by atoms with Crippen LogP contribution >= 0.6 is 12.4 Å². The molecule has 1 amide bonds. The van der Waals surface area contributed by atoms with E-state index >= 15 is 0 Å². The summed E-state index contributed by atoms with van der Waals surface area (Å²) in [7, 11) is 0. The van der Waals surface area contributed by atoms with Gasteiger partial charge in [0, 0.05) is 24.7 Å². The van der Waals surface area contributed by atoms with Gasteiger partial charge in [0.15, 0.2) is 0 Å². The Bertz CT molecular complexity index is 378. The largest absolute Gasteiger partial charge is 0.337 e. The highest BCUT2D eigenvalue weighted by Gasteiger charge is 2.21. The lowest BCUT2D eigenvalue weighted by atomic mass is 10.0. The van der Waals surface area contributed by atoms with Crippen molar-refractivity contribution < 1.29 is 4.79 Å². The normalized spacial score (nSPS) is 19.6. The molecular weight excluding hydrogens is 236 g/mol. The molecule has 1 fully saturated rings. The lowest BCUT2D eigenvalue weighted by molar-refractivity contribution is 0.0709. The van der Waals surface area contributed by atoms with Crippen LogP contribution in [0.1, 0.15) is 28.8 Å². The lowest BCUT2D eigenvalue weighted by Crippen LogP contribution is -2.45. The minimum Gasteiger partial charge on any atom is -0.337 e. The van der Waals surface area contributed by atoms with Crippen LogP contribution in [0.15, 0.2) is 24.3 Å². The van der Waals surface area contributed by atoms with E-state index in [0.29, 0.717) is 6.54 Å². The highest BCUT2D eigenvalue weighted by atomic mass is 35.5. The average Bonchev–Trinajstić information content (AvgIpc) is 2.29. The molecule has 1 saturated heterocycles. The molecule has 3 nitrogen and oxygen atoms in total. The first-order valence-electron chi connectivity index (χ1n) is 5.78. The molecule has 0 spiro atoms. The number of likely N-dealkylation sites (tertiary alicyclic amines) is 1. The van der Waals surface area contributed by atoms with Gasteiger partial charge in [-0.3, -0.25) is 4.79 Å². The summed E-state index contributed by atoms with van der Waals surface area (Å²) < 4.78 is 0. The van der Waals surface area contributed by atoms with Gasteiger partial charge in [-0.25, -0.2) is 0 Å². The minimum atomic E-state index is 0. The van der Waals surface area contributed by atoms with Gasteiger partial charge >= 0.3 is 0 Å². The number of carbonyl (C=O) groups is 1. The van der Waals surface area contributed by atoms with E-state index in [0.717, 1.165) is 24.9 Å². The molecule has 0 bridgehead atoms. The monoisotopic (exact) mass is 254 g/mol. The van der Waals surface area contributed by atoms with Crippen molar-refractivity contribution in [2.75, 3.05) is 13.1 Å². The number of hydrogen-bond donors (Lipinski definition) is 1. The van der Waals surface area contributed by atoms with Crippen molar-refractivity contribution in [1.82, 2.24) is 4.90 Å². The summed E-state index contributed by atoms with van der Waals surface area (Å²) in [4.78, 5) is 14.0. The summed E-state index contributed by atoms with van der Waals surface area (Å²) in [5, 5.41) is 0. The molecule has 94 valence electrons. The highest BCUT2D eigenvalue weighted by molar-refractivity contribution is 5.94. The number of carbonyl (C=O) groups excluding carboxylic acids is 1. The zero-order chi connectivity index (χ0) is 11.5. The van der Waals surface area contributed by atoms with E-state index in [-0.39, 0.29) is 24.4 Å². The molecule has 2 N–H and O–H groups in total. The van der Waals surface area contributed by atoms with Crippen LogP contribution in [0.5, 0.6) is 0 Å². The van der Waals surface area contributed by atoms with Crippen LogP contribution in [-0.2, 0) is 0 Å². The zero-order valence-corrected chi connectivity index (χ0v) is 10.9. The summed E-state index contributed by atoms with van der Waals surface area (Å²) in [5.41, 5.74) is 7.81. The van der Waals surface area contributed by atoms with Crippen molar-refractivity contribution in [3.8, 4) is 0 Å². The fourth-order valence-corrected chi connectivity index (χ4v) is 2.07. The fourth-order valence-electron chi connectivity index (χ4n) is 2.07. The molecule has 0 radical (unpaired) electrons. The summed E-state index contributed by atoms with van der Waals surface area (Å²) in [6, 6.07) is 7.85. The molecule has 1 heterocycles. The van der Waals surface area contributed by atoms with Crippen molar-refractivity contribution in [3.63, 3.8) is 0 Å². The molecule has 0 aliphatic carbocycles. The van der Waals surface area contributed by atoms with E-state index < -0.39 is 0 Å². The minimum absolute atomic E-state index is 0. The van der Waals surface area contributed by atoms with Crippen molar-refractivity contribution in [2.24, 2.45) is 5.73 Å². The molecule has 0 aromatic heterocycles. The first-order chi connectivity index (χ1) is 7.66. The van der Waals surface area contributed by atoms with Gasteiger partial charge in [0.2, 0.25) is 0 Å². The molecular formula is C13H19ClN2O. The van der Waals surface area contributed by atoms with Crippen LogP contribution in [0.25, 0.3) is 0 Å². The maximum absolute atomic E-state index is 12.1. The molecule has 2 rings (SSSR count). The molecule has 4 heteroatoms. The first-order valence-corrected chi connectivity index (χ1v) is 5.78. The Morgan fingerprint density at radius 1 is 1.35 bits per heavy atom. The number of nitrogens with zero attached hydrogens (tertiary/aromatic N) is 1. The van der Waals surface area contributed by atoms with Gasteiger partial charge in [-0.2, -0.15) is 0 Å². The Balaban J connectivity index is 0.00000144. The standard InChI is InChI=1S/C13H18N2O.ClH/c1-10-4-6-11(7-5-10)13(16)15-8-2-3-12(14)9-15;/h4-7,12H,2-3,8-9,14H2,1H3;1H/t12-;/m1./s1. The summed E-state index contributed by atoms with van der Waals surface area (Å²) >= 11 is 0. The third-order valence-corrected chi connectivity index (χ3v) is 3.04. The Kier molecular flexibility index (Phi) is 4.97. The fraction of sp³-hybridized carbons (Fsp3) is 0.462. The third-order valence-electron chi connectivity index (χ3n) is 3.04. The lowest BCUT2D eigenvalue weighted by Gasteiger charge is -2.30. The molecule has 1 aromatic carbocycles. The molecule has 1 aromatic rings. The van der Waals surface area contributed by atoms with Crippen molar-refractivity contribution >= 4 is 18.3 Å². The smallest absolute Gasteiger partial charge is 0.253 e. The second-order valence-electron chi connectivity index (χ2n) is 4.52. The van der Waals surface area contributed by atoms with E-state index in [1.807, 2.05) is 36.1 Å². The van der Waals surface area contributed by atoms with Crippen molar-refractivity contribution in [1.29, 1.82) is 0 Å². The van der Waals surface area contributed by atoms with Crippen LogP contribution in [0, 0.1) is 6.92 Å². The molecule has 17 heavy (non-hydrogen) atoms. The molecule has 1 atom stereocenters. The average molecular weight is 255 g/mol. The molecule has 1 aliphatic rings. The number of halogens is 1. The van der Waals surface area contributed by atoms with Gasteiger partial charge in [0.05, 0.1) is 0 Å². The SMILES string of the molecule is Cc1ccc(C(=O)N2CCC[C@@H](N)C2)cc1.Cl. The van der Waals surface area contributed by atoms with E-state index in [2.05, 4.69) is 0 Å². The van der Waals surface area contributed by atoms with Crippen LogP contribution in [-0.4, -0.2) is 29.9 Å². The molecule has 1 aliphatic heterocycles. The maximum Gasteiger partial charge on any atom is 0.253 e. The van der Waals surface area contributed by atoms with E-state index in [1.54, 1.807) is 0 Å². The van der Waals surface area contributed by atoms with Gasteiger partial charge in [0.25, 0.3) is 5.91 Å². The number of aryl methyl sites for hydroxylation is 1. The predicted molar refractivity (Wildman–Crippen MR) is 71.5 cm³/mol. The van der Waals surface area contributed by atoms with E-state index in [1.165, 1.54) is 5.56 Å². The van der Waals surface area contributed by atoms with Crippen LogP contribution in [0.2, 0.25) is 0 Å². The van der Waals surface area contributed by atoms with Crippen molar-refractivity contribution in [3.05, 3.63) is 35.4 Å². The summed E-state index contributed by atoms with van der Waals surface area (Å²) in [5.74, 6) is 0.107. The van der Waals surface area contributed by atoms with E-state index in [9.17, 15) is 4.79 Å². The number of piperidine rings is 1. The van der Waals surface area contributed by atoms with Gasteiger partial charge in [-0.05, 0) is 31.9 Å². The van der Waals surface area contributed by atoms with Crippen molar-refractivity contribution in [2.45, 2.75) is 25.8 Å². The van der Waals surface area contributed by atoms with Crippen LogP contribution in [0.4, 0.5) is 0 Å². The second-order valence-corrected chi connectivity index (χ2v) is 4.52. The number of amides is 1. The Morgan fingerprint density at radius 2 is 2.00 bits per heavy atom. The number of nitrogens with two attached hydrogens (primary N) is 1. The maximum atomic E-state index is 12.1. The van der Waals surface area contributed by atoms with Gasteiger partial charge in [-0.1, -0.05) is 17.7 Å². The summed E-state index contributed by atoms with van der Waals surface area (Å²) in [6.07, 6.45) is 2.04. The molecule has 0 unspecified atom stereocenters. The Hall–Kier alpha value is -1.06. The van der Waals surface area contributed by atoms with Crippen LogP contribution in [0.3, 0.4) is 0 Å². The first kappa shape index (κ1) is 14.0. The van der Waals surface area contributed by atoms with Gasteiger partial charge in [-0.15, -0.1) is 12.4 Å². The second kappa shape index (κ2) is 6.03. The van der Waals surface area contributed by atoms with E-state index in [4.69, 9.17) is 5.73 Å². The Labute approximate surface area is 108 Å². The highest BCUT2D eigenvalue weighted by Crippen LogP contribution is 2.13. The number of rotatable bonds is 1. The zero-order valence-electron chi connectivity index (χ0n) is 10.1. The molecule has 0 saturated carbocycles. The van der Waals surface area contributed by atoms with Gasteiger partial charge in [0.1, 0.15) is 0 Å². The van der Waals surface area contributed by atoms with Crippen LogP contribution < -0.4 is 5.73 Å². The third kappa shape index (κ3) is 3.45. The number of benzene rings is 1. The summed E-state index contributed by atoms with van der Waals surface area (Å²) in [6.45, 7) is 3.54. The Morgan fingerprint density at radius 3 is 2.59 bits per heavy atom. The topological polar surface area (TPSA) is 46.3 Å². The quantitative estimate of drug-likeness (QED) is 0.833. The number of hydrogen-bond acceptors (Lipinski definition) is 2. The predicted octanol–water partition coefficient (Wildman–Crippen LogP) is 1.98.